The van der Waals surface area contributed by atoms with Gasteiger partial charge in [-0.25, -0.2) is 4.98 Å². The lowest BCUT2D eigenvalue weighted by Crippen LogP contribution is -2.08. The quantitative estimate of drug-likeness (QED) is 0.829. The van der Waals surface area contributed by atoms with Crippen molar-refractivity contribution in [3.8, 4) is 0 Å². The summed E-state index contributed by atoms with van der Waals surface area (Å²) in [6, 6.07) is 11.6. The molecule has 0 aliphatic heterocycles. The van der Waals surface area contributed by atoms with Gasteiger partial charge in [0.15, 0.2) is 0 Å². The first-order valence-electron chi connectivity index (χ1n) is 5.49. The van der Waals surface area contributed by atoms with Gasteiger partial charge in [-0.15, -0.1) is 0 Å². The molecule has 0 saturated heterocycles. The van der Waals surface area contributed by atoms with Gasteiger partial charge < -0.3 is 11.1 Å². The molecule has 2 rings (SSSR count). The van der Waals surface area contributed by atoms with Crippen molar-refractivity contribution in [2.45, 2.75) is 13.0 Å². The topological polar surface area (TPSA) is 50.9 Å². The highest BCUT2D eigenvalue weighted by Crippen LogP contribution is 2.22. The second-order valence-corrected chi connectivity index (χ2v) is 5.33. The molecule has 0 radical (unpaired) electrons. The second kappa shape index (κ2) is 5.59. The minimum Gasteiger partial charge on any atom is -0.399 e. The zero-order valence-corrected chi connectivity index (χ0v) is 12.2. The molecule has 0 spiro atoms. The molecular formula is C13H13BrClN3. The Bertz CT molecular complexity index is 522. The molecule has 0 saturated carbocycles. The van der Waals surface area contributed by atoms with Crippen molar-refractivity contribution < 1.29 is 0 Å². The van der Waals surface area contributed by atoms with Crippen molar-refractivity contribution in [3.63, 3.8) is 0 Å². The fourth-order valence-electron chi connectivity index (χ4n) is 1.65. The molecular weight excluding hydrogens is 314 g/mol. The van der Waals surface area contributed by atoms with Crippen molar-refractivity contribution in [1.29, 1.82) is 0 Å². The maximum absolute atomic E-state index is 5.86. The van der Waals surface area contributed by atoms with E-state index >= 15 is 0 Å². The van der Waals surface area contributed by atoms with Crippen LogP contribution in [0.3, 0.4) is 0 Å². The predicted octanol–water partition coefficient (Wildman–Crippen LogP) is 4.25. The summed E-state index contributed by atoms with van der Waals surface area (Å²) in [5.74, 6) is 0.676. The summed E-state index contributed by atoms with van der Waals surface area (Å²) < 4.78 is 1.06. The number of rotatable bonds is 3. The average Bonchev–Trinajstić information content (AvgIpc) is 2.28. The van der Waals surface area contributed by atoms with Crippen LogP contribution in [-0.2, 0) is 0 Å². The summed E-state index contributed by atoms with van der Waals surface area (Å²) in [6.45, 7) is 2.06. The molecule has 1 atom stereocenters. The van der Waals surface area contributed by atoms with Crippen LogP contribution in [0.15, 0.2) is 40.9 Å². The Morgan fingerprint density at radius 2 is 1.94 bits per heavy atom. The number of nitrogens with two attached hydrogens (primary N) is 1. The highest BCUT2D eigenvalue weighted by atomic mass is 79.9. The molecule has 18 heavy (non-hydrogen) atoms. The van der Waals surface area contributed by atoms with Crippen LogP contribution in [0.25, 0.3) is 0 Å². The Hall–Kier alpha value is -1.26. The van der Waals surface area contributed by atoms with Gasteiger partial charge >= 0.3 is 0 Å². The fourth-order valence-corrected chi connectivity index (χ4v) is 2.13. The molecule has 3 N–H and O–H groups in total. The Balaban J connectivity index is 2.15. The summed E-state index contributed by atoms with van der Waals surface area (Å²) in [5.41, 5.74) is 7.49. The molecule has 1 unspecified atom stereocenters. The van der Waals surface area contributed by atoms with Crippen LogP contribution in [0.4, 0.5) is 11.5 Å². The van der Waals surface area contributed by atoms with Crippen LogP contribution in [0, 0.1) is 0 Å². The van der Waals surface area contributed by atoms with Crippen LogP contribution < -0.4 is 11.1 Å². The maximum Gasteiger partial charge on any atom is 0.133 e. The van der Waals surface area contributed by atoms with Gasteiger partial charge in [0.05, 0.1) is 0 Å². The normalized spacial score (nSPS) is 12.2. The number of nitrogens with zero attached hydrogens (tertiary/aromatic N) is 1. The number of nitrogen functional groups attached to an aromatic ring is 1. The third-order valence-corrected chi connectivity index (χ3v) is 3.27. The number of halogens is 2. The largest absolute Gasteiger partial charge is 0.399 e. The van der Waals surface area contributed by atoms with Gasteiger partial charge in [-0.2, -0.15) is 0 Å². The SMILES string of the molecule is CC(Nc1cc(N)cc(Cl)n1)c1ccc(Br)cc1. The first-order valence-corrected chi connectivity index (χ1v) is 6.67. The summed E-state index contributed by atoms with van der Waals surface area (Å²) in [5, 5.41) is 3.66. The number of benzene rings is 1. The molecule has 5 heteroatoms. The fraction of sp³-hybridized carbons (Fsp3) is 0.154. The van der Waals surface area contributed by atoms with Gasteiger partial charge in [0.1, 0.15) is 11.0 Å². The van der Waals surface area contributed by atoms with E-state index in [1.54, 1.807) is 12.1 Å². The number of anilines is 2. The molecule has 2 aromatic rings. The Labute approximate surface area is 119 Å². The molecule has 0 aliphatic carbocycles. The zero-order valence-electron chi connectivity index (χ0n) is 9.82. The van der Waals surface area contributed by atoms with Crippen LogP contribution in [0.1, 0.15) is 18.5 Å². The summed E-state index contributed by atoms with van der Waals surface area (Å²) >= 11 is 9.28. The minimum absolute atomic E-state index is 0.128. The van der Waals surface area contributed by atoms with Crippen molar-refractivity contribution in [2.24, 2.45) is 0 Å². The molecule has 0 amide bonds. The van der Waals surface area contributed by atoms with Crippen LogP contribution >= 0.6 is 27.5 Å². The number of hydrogen-bond acceptors (Lipinski definition) is 3. The summed E-state index contributed by atoms with van der Waals surface area (Å²) in [6.07, 6.45) is 0. The Kier molecular flexibility index (Phi) is 4.09. The van der Waals surface area contributed by atoms with E-state index in [-0.39, 0.29) is 6.04 Å². The summed E-state index contributed by atoms with van der Waals surface area (Å²) in [7, 11) is 0. The van der Waals surface area contributed by atoms with E-state index in [0.29, 0.717) is 16.7 Å². The monoisotopic (exact) mass is 325 g/mol. The Morgan fingerprint density at radius 3 is 2.56 bits per heavy atom. The van der Waals surface area contributed by atoms with Gasteiger partial charge in [0.25, 0.3) is 0 Å². The third kappa shape index (κ3) is 3.37. The van der Waals surface area contributed by atoms with E-state index < -0.39 is 0 Å². The highest BCUT2D eigenvalue weighted by molar-refractivity contribution is 9.10. The van der Waals surface area contributed by atoms with E-state index in [2.05, 4.69) is 45.3 Å². The van der Waals surface area contributed by atoms with Crippen LogP contribution in [-0.4, -0.2) is 4.98 Å². The Morgan fingerprint density at radius 1 is 1.28 bits per heavy atom. The van der Waals surface area contributed by atoms with Gasteiger partial charge in [-0.3, -0.25) is 0 Å². The number of nitrogens with one attached hydrogen (secondary N) is 1. The van der Waals surface area contributed by atoms with E-state index in [0.717, 1.165) is 4.47 Å². The average molecular weight is 327 g/mol. The molecule has 0 aliphatic rings. The van der Waals surface area contributed by atoms with Crippen molar-refractivity contribution in [1.82, 2.24) is 4.98 Å². The third-order valence-electron chi connectivity index (χ3n) is 2.55. The van der Waals surface area contributed by atoms with Gasteiger partial charge in [-0.1, -0.05) is 39.7 Å². The molecule has 0 fully saturated rings. The lowest BCUT2D eigenvalue weighted by atomic mass is 10.1. The van der Waals surface area contributed by atoms with Crippen molar-refractivity contribution in [2.75, 3.05) is 11.1 Å². The number of hydrogen-bond donors (Lipinski definition) is 2. The van der Waals surface area contributed by atoms with Crippen molar-refractivity contribution >= 4 is 39.0 Å². The molecule has 1 aromatic heterocycles. The van der Waals surface area contributed by atoms with E-state index in [9.17, 15) is 0 Å². The first-order chi connectivity index (χ1) is 8.54. The van der Waals surface area contributed by atoms with E-state index in [1.807, 2.05) is 12.1 Å². The minimum atomic E-state index is 0.128. The highest BCUT2D eigenvalue weighted by Gasteiger charge is 2.07. The summed E-state index contributed by atoms with van der Waals surface area (Å²) in [4.78, 5) is 4.18. The predicted molar refractivity (Wildman–Crippen MR) is 79.8 cm³/mol. The van der Waals surface area contributed by atoms with Gasteiger partial charge in [-0.05, 0) is 30.7 Å². The van der Waals surface area contributed by atoms with Gasteiger partial charge in [0, 0.05) is 22.3 Å². The molecule has 1 aromatic carbocycles. The van der Waals surface area contributed by atoms with E-state index in [1.165, 1.54) is 5.56 Å². The maximum atomic E-state index is 5.86. The number of pyridine rings is 1. The number of aromatic nitrogens is 1. The molecule has 3 nitrogen and oxygen atoms in total. The molecule has 1 heterocycles. The van der Waals surface area contributed by atoms with Crippen LogP contribution in [0.5, 0.6) is 0 Å². The first kappa shape index (κ1) is 13.2. The van der Waals surface area contributed by atoms with Gasteiger partial charge in [0.2, 0.25) is 0 Å². The smallest absolute Gasteiger partial charge is 0.133 e. The van der Waals surface area contributed by atoms with Crippen molar-refractivity contribution in [3.05, 3.63) is 51.6 Å². The lowest BCUT2D eigenvalue weighted by Gasteiger charge is -2.15. The standard InChI is InChI=1S/C13H13BrClN3/c1-8(9-2-4-10(14)5-3-9)17-13-7-11(16)6-12(15)18-13/h2-8H,1H3,(H3,16,17,18). The molecule has 94 valence electrons. The van der Waals surface area contributed by atoms with E-state index in [4.69, 9.17) is 17.3 Å². The van der Waals surface area contributed by atoms with Crippen LogP contribution in [0.2, 0.25) is 5.15 Å². The zero-order chi connectivity index (χ0) is 13.1. The molecule has 0 bridgehead atoms. The lowest BCUT2D eigenvalue weighted by molar-refractivity contribution is 0.874. The second-order valence-electron chi connectivity index (χ2n) is 4.03.